The van der Waals surface area contributed by atoms with Gasteiger partial charge in [-0.05, 0) is 50.4 Å². The van der Waals surface area contributed by atoms with Crippen LogP contribution >= 0.6 is 0 Å². The number of aromatic nitrogens is 1. The number of hydrogen-bond acceptors (Lipinski definition) is 5. The van der Waals surface area contributed by atoms with Gasteiger partial charge in [-0.25, -0.2) is 0 Å². The van der Waals surface area contributed by atoms with Gasteiger partial charge >= 0.3 is 0 Å². The van der Waals surface area contributed by atoms with Gasteiger partial charge in [-0.15, -0.1) is 0 Å². The molecule has 2 saturated heterocycles. The van der Waals surface area contributed by atoms with E-state index in [1.165, 1.54) is 0 Å². The number of likely N-dealkylation sites (tertiary alicyclic amines) is 2. The fraction of sp³-hybridized carbons (Fsp3) is 0.476. The number of aromatic amines is 1. The molecular weight excluding hydrogens is 372 g/mol. The molecule has 0 bridgehead atoms. The highest BCUT2D eigenvalue weighted by Crippen LogP contribution is 2.19. The number of nitrogens with zero attached hydrogens (tertiary/aromatic N) is 2. The molecule has 2 amide bonds. The van der Waals surface area contributed by atoms with Crippen LogP contribution in [0.15, 0.2) is 35.1 Å². The third-order valence-corrected chi connectivity index (χ3v) is 5.66. The first kappa shape index (κ1) is 19.4. The Kier molecular flexibility index (Phi) is 5.80. The first-order valence-corrected chi connectivity index (χ1v) is 10.2. The van der Waals surface area contributed by atoms with Gasteiger partial charge in [-0.3, -0.25) is 19.3 Å². The number of hydrogen-bond donors (Lipinski definition) is 2. The van der Waals surface area contributed by atoms with Crippen molar-refractivity contribution >= 4 is 17.6 Å². The summed E-state index contributed by atoms with van der Waals surface area (Å²) < 4.78 is 5.24. The number of carbonyl (C=O) groups excluding carboxylic acids is 3. The summed E-state index contributed by atoms with van der Waals surface area (Å²) >= 11 is 0. The second-order valence-electron chi connectivity index (χ2n) is 7.65. The molecule has 2 N–H and O–H groups in total. The van der Waals surface area contributed by atoms with Crippen LogP contribution in [-0.2, 0) is 11.3 Å². The molecule has 8 heteroatoms. The highest BCUT2D eigenvalue weighted by atomic mass is 16.3. The zero-order valence-corrected chi connectivity index (χ0v) is 16.4. The fourth-order valence-corrected chi connectivity index (χ4v) is 4.06. The summed E-state index contributed by atoms with van der Waals surface area (Å²) in [5.41, 5.74) is 0.929. The number of furan rings is 1. The standard InChI is InChI=1S/C21H26N4O4/c26-19(15-11-17(22-12-15)21(28)24-7-1-2-8-24)14-25-9-3-6-18(25)20(27)23-13-16-5-4-10-29-16/h4-5,10-12,18,22H,1-3,6-9,13-14H2,(H,23,27). The first-order valence-electron chi connectivity index (χ1n) is 10.2. The molecule has 1 unspecified atom stereocenters. The molecule has 29 heavy (non-hydrogen) atoms. The third kappa shape index (κ3) is 4.42. The summed E-state index contributed by atoms with van der Waals surface area (Å²) in [5, 5.41) is 2.88. The fourth-order valence-electron chi connectivity index (χ4n) is 4.06. The molecule has 2 aliphatic heterocycles. The van der Waals surface area contributed by atoms with Crippen LogP contribution in [0.5, 0.6) is 0 Å². The van der Waals surface area contributed by atoms with Gasteiger partial charge in [0, 0.05) is 24.8 Å². The van der Waals surface area contributed by atoms with Crippen molar-refractivity contribution in [2.24, 2.45) is 0 Å². The van der Waals surface area contributed by atoms with E-state index in [1.807, 2.05) is 11.0 Å². The van der Waals surface area contributed by atoms with Crippen molar-refractivity contribution in [3.63, 3.8) is 0 Å². The van der Waals surface area contributed by atoms with E-state index in [0.29, 0.717) is 30.1 Å². The molecule has 8 nitrogen and oxygen atoms in total. The smallest absolute Gasteiger partial charge is 0.270 e. The largest absolute Gasteiger partial charge is 0.467 e. The maximum atomic E-state index is 12.7. The molecule has 2 aromatic rings. The third-order valence-electron chi connectivity index (χ3n) is 5.66. The van der Waals surface area contributed by atoms with Gasteiger partial charge in [0.2, 0.25) is 5.91 Å². The molecular formula is C21H26N4O4. The van der Waals surface area contributed by atoms with Crippen molar-refractivity contribution < 1.29 is 18.8 Å². The second kappa shape index (κ2) is 8.65. The molecule has 0 spiro atoms. The van der Waals surface area contributed by atoms with E-state index in [1.54, 1.807) is 29.5 Å². The second-order valence-corrected chi connectivity index (χ2v) is 7.65. The highest BCUT2D eigenvalue weighted by Gasteiger charge is 2.32. The van der Waals surface area contributed by atoms with Crippen molar-refractivity contribution in [3.05, 3.63) is 47.7 Å². The van der Waals surface area contributed by atoms with Gasteiger partial charge in [0.05, 0.1) is 25.4 Å². The Morgan fingerprint density at radius 2 is 2.00 bits per heavy atom. The molecule has 0 radical (unpaired) electrons. The number of H-pyrrole nitrogens is 1. The van der Waals surface area contributed by atoms with E-state index >= 15 is 0 Å². The maximum absolute atomic E-state index is 12.7. The van der Waals surface area contributed by atoms with Gasteiger partial charge in [-0.2, -0.15) is 0 Å². The summed E-state index contributed by atoms with van der Waals surface area (Å²) in [7, 11) is 0. The molecule has 0 saturated carbocycles. The molecule has 2 fully saturated rings. The minimum Gasteiger partial charge on any atom is -0.467 e. The quantitative estimate of drug-likeness (QED) is 0.693. The first-order chi connectivity index (χ1) is 14.1. The average molecular weight is 398 g/mol. The summed E-state index contributed by atoms with van der Waals surface area (Å²) in [4.78, 5) is 44.4. The number of carbonyl (C=O) groups is 3. The Morgan fingerprint density at radius 3 is 2.76 bits per heavy atom. The van der Waals surface area contributed by atoms with E-state index in [4.69, 9.17) is 4.42 Å². The van der Waals surface area contributed by atoms with E-state index < -0.39 is 0 Å². The van der Waals surface area contributed by atoms with Crippen LogP contribution in [0.2, 0.25) is 0 Å². The molecule has 0 aliphatic carbocycles. The zero-order valence-electron chi connectivity index (χ0n) is 16.4. The number of rotatable bonds is 7. The van der Waals surface area contributed by atoms with E-state index in [-0.39, 0.29) is 30.2 Å². The van der Waals surface area contributed by atoms with Crippen LogP contribution < -0.4 is 5.32 Å². The number of amides is 2. The minimum absolute atomic E-state index is 0.0575. The summed E-state index contributed by atoms with van der Waals surface area (Å²) in [5.74, 6) is 0.456. The molecule has 0 aromatic carbocycles. The van der Waals surface area contributed by atoms with Crippen molar-refractivity contribution in [2.75, 3.05) is 26.2 Å². The van der Waals surface area contributed by atoms with Gasteiger partial charge in [0.1, 0.15) is 11.5 Å². The molecule has 154 valence electrons. The normalized spacial score (nSPS) is 19.6. The van der Waals surface area contributed by atoms with Gasteiger partial charge in [0.15, 0.2) is 5.78 Å². The average Bonchev–Trinajstić information content (AvgIpc) is 3.52. The Bertz CT molecular complexity index is 867. The predicted octanol–water partition coefficient (Wildman–Crippen LogP) is 1.81. The van der Waals surface area contributed by atoms with Crippen molar-refractivity contribution in [1.82, 2.24) is 20.1 Å². The van der Waals surface area contributed by atoms with Gasteiger partial charge in [0.25, 0.3) is 5.91 Å². The molecule has 4 heterocycles. The number of Topliss-reactive ketones (excluding diaryl/α,β-unsaturated/α-hetero) is 1. The van der Waals surface area contributed by atoms with E-state index in [9.17, 15) is 14.4 Å². The van der Waals surface area contributed by atoms with Crippen molar-refractivity contribution in [1.29, 1.82) is 0 Å². The summed E-state index contributed by atoms with van der Waals surface area (Å²) in [6, 6.07) is 4.90. The van der Waals surface area contributed by atoms with Crippen LogP contribution in [0.25, 0.3) is 0 Å². The number of nitrogens with one attached hydrogen (secondary N) is 2. The zero-order chi connectivity index (χ0) is 20.2. The number of ketones is 1. The lowest BCUT2D eigenvalue weighted by Crippen LogP contribution is -2.44. The Hall–Kier alpha value is -2.87. The van der Waals surface area contributed by atoms with Crippen LogP contribution in [0.4, 0.5) is 0 Å². The monoisotopic (exact) mass is 398 g/mol. The maximum Gasteiger partial charge on any atom is 0.270 e. The Morgan fingerprint density at radius 1 is 1.17 bits per heavy atom. The Labute approximate surface area is 169 Å². The summed E-state index contributed by atoms with van der Waals surface area (Å²) in [6.07, 6.45) is 6.81. The van der Waals surface area contributed by atoms with Crippen molar-refractivity contribution in [3.8, 4) is 0 Å². The Balaban J connectivity index is 1.33. The topological polar surface area (TPSA) is 98.6 Å². The predicted molar refractivity (Wildman–Crippen MR) is 105 cm³/mol. The lowest BCUT2D eigenvalue weighted by molar-refractivity contribution is -0.125. The SMILES string of the molecule is O=C(CN1CCCC1C(=O)NCc1ccco1)c1c[nH]c(C(=O)N2CCCC2)c1. The van der Waals surface area contributed by atoms with Crippen LogP contribution in [-0.4, -0.2) is 64.6 Å². The van der Waals surface area contributed by atoms with Crippen molar-refractivity contribution in [2.45, 2.75) is 38.3 Å². The molecule has 2 aromatic heterocycles. The molecule has 2 aliphatic rings. The molecule has 1 atom stereocenters. The van der Waals surface area contributed by atoms with E-state index in [2.05, 4.69) is 10.3 Å². The van der Waals surface area contributed by atoms with Crippen LogP contribution in [0, 0.1) is 0 Å². The van der Waals surface area contributed by atoms with Gasteiger partial charge < -0.3 is 19.6 Å². The minimum atomic E-state index is -0.321. The highest BCUT2D eigenvalue weighted by molar-refractivity contribution is 6.01. The summed E-state index contributed by atoms with van der Waals surface area (Å²) in [6.45, 7) is 2.74. The lowest BCUT2D eigenvalue weighted by atomic mass is 10.1. The van der Waals surface area contributed by atoms with Gasteiger partial charge in [-0.1, -0.05) is 0 Å². The van der Waals surface area contributed by atoms with Crippen LogP contribution in [0.3, 0.4) is 0 Å². The molecule has 4 rings (SSSR count). The van der Waals surface area contributed by atoms with Crippen LogP contribution in [0.1, 0.15) is 52.3 Å². The van der Waals surface area contributed by atoms with E-state index in [0.717, 1.165) is 38.8 Å². The lowest BCUT2D eigenvalue weighted by Gasteiger charge is -2.22.